The van der Waals surface area contributed by atoms with Crippen molar-refractivity contribution in [3.63, 3.8) is 0 Å². The molecular formula is C15H14FNO3. The first kappa shape index (κ1) is 13.9. The first-order valence-corrected chi connectivity index (χ1v) is 5.96. The third kappa shape index (κ3) is 2.88. The molecule has 4 nitrogen and oxygen atoms in total. The first-order valence-electron chi connectivity index (χ1n) is 5.96. The largest absolute Gasteiger partial charge is 0.504 e. The summed E-state index contributed by atoms with van der Waals surface area (Å²) < 4.78 is 18.6. The van der Waals surface area contributed by atoms with Crippen LogP contribution in [0.1, 0.15) is 15.9 Å². The van der Waals surface area contributed by atoms with Gasteiger partial charge in [-0.3, -0.25) is 4.79 Å². The van der Waals surface area contributed by atoms with Crippen molar-refractivity contribution in [3.8, 4) is 11.5 Å². The molecule has 0 fully saturated rings. The van der Waals surface area contributed by atoms with Crippen LogP contribution in [0.2, 0.25) is 0 Å². The van der Waals surface area contributed by atoms with Crippen LogP contribution in [0.5, 0.6) is 11.5 Å². The van der Waals surface area contributed by atoms with Crippen LogP contribution in [0.4, 0.5) is 10.1 Å². The molecule has 1 amide bonds. The van der Waals surface area contributed by atoms with Crippen molar-refractivity contribution in [1.29, 1.82) is 0 Å². The van der Waals surface area contributed by atoms with E-state index in [0.29, 0.717) is 11.4 Å². The maximum Gasteiger partial charge on any atom is 0.258 e. The molecular weight excluding hydrogens is 261 g/mol. The molecule has 2 aromatic carbocycles. The fraction of sp³-hybridized carbons (Fsp3) is 0.133. The highest BCUT2D eigenvalue weighted by molar-refractivity contribution is 6.04. The zero-order valence-corrected chi connectivity index (χ0v) is 11.1. The zero-order chi connectivity index (χ0) is 14.7. The van der Waals surface area contributed by atoms with E-state index in [1.807, 2.05) is 0 Å². The Kier molecular flexibility index (Phi) is 3.89. The van der Waals surface area contributed by atoms with Crippen LogP contribution < -0.4 is 10.1 Å². The van der Waals surface area contributed by atoms with Gasteiger partial charge in [0.2, 0.25) is 0 Å². The van der Waals surface area contributed by atoms with Crippen LogP contribution >= 0.6 is 0 Å². The van der Waals surface area contributed by atoms with Gasteiger partial charge < -0.3 is 15.2 Å². The number of rotatable bonds is 3. The lowest BCUT2D eigenvalue weighted by atomic mass is 10.1. The Bertz CT molecular complexity index is 656. The Labute approximate surface area is 115 Å². The summed E-state index contributed by atoms with van der Waals surface area (Å²) in [5.74, 6) is -0.966. The Balaban J connectivity index is 2.21. The van der Waals surface area contributed by atoms with Gasteiger partial charge in [-0.2, -0.15) is 0 Å². The molecule has 0 spiro atoms. The van der Waals surface area contributed by atoms with E-state index in [1.54, 1.807) is 19.1 Å². The van der Waals surface area contributed by atoms with Gasteiger partial charge in [-0.15, -0.1) is 0 Å². The second-order valence-corrected chi connectivity index (χ2v) is 4.32. The highest BCUT2D eigenvalue weighted by atomic mass is 19.1. The Hall–Kier alpha value is -2.56. The van der Waals surface area contributed by atoms with E-state index in [1.165, 1.54) is 31.4 Å². The number of methoxy groups -OCH3 is 1. The summed E-state index contributed by atoms with van der Waals surface area (Å²) >= 11 is 0. The van der Waals surface area contributed by atoms with Crippen LogP contribution in [-0.2, 0) is 0 Å². The topological polar surface area (TPSA) is 58.6 Å². The molecule has 0 aliphatic carbocycles. The molecule has 0 heterocycles. The predicted octanol–water partition coefficient (Wildman–Crippen LogP) is 3.10. The lowest BCUT2D eigenvalue weighted by Crippen LogP contribution is -2.13. The number of carbonyl (C=O) groups excluding carboxylic acids is 1. The minimum atomic E-state index is -0.583. The fourth-order valence-electron chi connectivity index (χ4n) is 1.77. The number of phenols is 1. The van der Waals surface area contributed by atoms with Crippen molar-refractivity contribution in [2.45, 2.75) is 6.92 Å². The monoisotopic (exact) mass is 275 g/mol. The number of nitrogens with one attached hydrogen (secondary N) is 1. The Morgan fingerprint density at radius 2 is 2.00 bits per heavy atom. The van der Waals surface area contributed by atoms with Crippen molar-refractivity contribution < 1.29 is 19.0 Å². The number of amides is 1. The Morgan fingerprint density at radius 3 is 2.60 bits per heavy atom. The molecule has 2 N–H and O–H groups in total. The van der Waals surface area contributed by atoms with Gasteiger partial charge in [0.05, 0.1) is 12.7 Å². The van der Waals surface area contributed by atoms with Crippen molar-refractivity contribution in [2.24, 2.45) is 0 Å². The third-order valence-corrected chi connectivity index (χ3v) is 2.81. The van der Waals surface area contributed by atoms with Gasteiger partial charge in [0, 0.05) is 11.8 Å². The normalized spacial score (nSPS) is 10.2. The van der Waals surface area contributed by atoms with Crippen molar-refractivity contribution >= 4 is 11.6 Å². The van der Waals surface area contributed by atoms with Gasteiger partial charge in [0.1, 0.15) is 5.82 Å². The lowest BCUT2D eigenvalue weighted by molar-refractivity contribution is 0.102. The number of halogens is 1. The summed E-state index contributed by atoms with van der Waals surface area (Å²) in [6.07, 6.45) is 0. The highest BCUT2D eigenvalue weighted by Gasteiger charge is 2.12. The van der Waals surface area contributed by atoms with Crippen LogP contribution in [0.25, 0.3) is 0 Å². The molecule has 2 rings (SSSR count). The molecule has 0 radical (unpaired) electrons. The van der Waals surface area contributed by atoms with Crippen LogP contribution in [0.15, 0.2) is 36.4 Å². The average molecular weight is 275 g/mol. The smallest absolute Gasteiger partial charge is 0.258 e. The number of anilines is 1. The number of benzene rings is 2. The van der Waals surface area contributed by atoms with E-state index in [2.05, 4.69) is 5.32 Å². The van der Waals surface area contributed by atoms with Crippen molar-refractivity contribution in [1.82, 2.24) is 0 Å². The number of hydrogen-bond donors (Lipinski definition) is 2. The van der Waals surface area contributed by atoms with E-state index < -0.39 is 11.7 Å². The van der Waals surface area contributed by atoms with Gasteiger partial charge >= 0.3 is 0 Å². The first-order chi connectivity index (χ1) is 9.51. The van der Waals surface area contributed by atoms with Gasteiger partial charge in [-0.1, -0.05) is 6.07 Å². The number of aromatic hydroxyl groups is 1. The van der Waals surface area contributed by atoms with Crippen molar-refractivity contribution in [3.05, 3.63) is 53.3 Å². The number of hydrogen-bond acceptors (Lipinski definition) is 3. The molecule has 0 aliphatic rings. The molecule has 20 heavy (non-hydrogen) atoms. The summed E-state index contributed by atoms with van der Waals surface area (Å²) in [7, 11) is 1.43. The summed E-state index contributed by atoms with van der Waals surface area (Å²) in [6, 6.07) is 8.77. The van der Waals surface area contributed by atoms with Gasteiger partial charge in [0.25, 0.3) is 5.91 Å². The standard InChI is InChI=1S/C15H14FNO3/c1-9-3-5-11(12(16)7-9)15(19)17-10-4-6-14(20-2)13(18)8-10/h3-8,18H,1-2H3,(H,17,19). The molecule has 104 valence electrons. The van der Waals surface area contributed by atoms with Gasteiger partial charge in [-0.25, -0.2) is 4.39 Å². The second kappa shape index (κ2) is 5.61. The molecule has 0 atom stereocenters. The van der Waals surface area contributed by atoms with Crippen LogP contribution in [0, 0.1) is 12.7 Å². The maximum atomic E-state index is 13.7. The minimum absolute atomic E-state index is 0.0501. The summed E-state index contributed by atoms with van der Waals surface area (Å²) in [5.41, 5.74) is 1.04. The van der Waals surface area contributed by atoms with Crippen LogP contribution in [-0.4, -0.2) is 18.1 Å². The second-order valence-electron chi connectivity index (χ2n) is 4.32. The van der Waals surface area contributed by atoms with Gasteiger partial charge in [0.15, 0.2) is 11.5 Å². The zero-order valence-electron chi connectivity index (χ0n) is 11.1. The summed E-state index contributed by atoms with van der Waals surface area (Å²) in [5, 5.41) is 12.1. The maximum absolute atomic E-state index is 13.7. The molecule has 0 aromatic heterocycles. The number of aryl methyl sites for hydroxylation is 1. The van der Waals surface area contributed by atoms with E-state index in [4.69, 9.17) is 4.74 Å². The predicted molar refractivity (Wildman–Crippen MR) is 73.7 cm³/mol. The lowest BCUT2D eigenvalue weighted by Gasteiger charge is -2.09. The van der Waals surface area contributed by atoms with E-state index in [-0.39, 0.29) is 11.3 Å². The fourth-order valence-corrected chi connectivity index (χ4v) is 1.77. The summed E-state index contributed by atoms with van der Waals surface area (Å²) in [4.78, 5) is 11.9. The molecule has 2 aromatic rings. The minimum Gasteiger partial charge on any atom is -0.504 e. The molecule has 0 bridgehead atoms. The SMILES string of the molecule is COc1ccc(NC(=O)c2ccc(C)cc2F)cc1O. The molecule has 0 saturated heterocycles. The highest BCUT2D eigenvalue weighted by Crippen LogP contribution is 2.28. The third-order valence-electron chi connectivity index (χ3n) is 2.81. The molecule has 0 saturated carbocycles. The van der Waals surface area contributed by atoms with E-state index in [0.717, 1.165) is 5.56 Å². The van der Waals surface area contributed by atoms with Crippen LogP contribution in [0.3, 0.4) is 0 Å². The molecule has 0 aliphatic heterocycles. The number of carbonyl (C=O) groups is 1. The van der Waals surface area contributed by atoms with E-state index >= 15 is 0 Å². The average Bonchev–Trinajstić information content (AvgIpc) is 2.38. The summed E-state index contributed by atoms with van der Waals surface area (Å²) in [6.45, 7) is 1.74. The van der Waals surface area contributed by atoms with E-state index in [9.17, 15) is 14.3 Å². The van der Waals surface area contributed by atoms with Gasteiger partial charge in [-0.05, 0) is 36.8 Å². The molecule has 5 heteroatoms. The molecule has 0 unspecified atom stereocenters. The quantitative estimate of drug-likeness (QED) is 0.905. The number of ether oxygens (including phenoxy) is 1. The van der Waals surface area contributed by atoms with Crippen molar-refractivity contribution in [2.75, 3.05) is 12.4 Å². The number of phenolic OH excluding ortho intramolecular Hbond substituents is 1. The Morgan fingerprint density at radius 1 is 1.25 bits per heavy atom.